The second-order valence-corrected chi connectivity index (χ2v) is 6.51. The Bertz CT molecular complexity index is 699. The molecule has 2 unspecified atom stereocenters. The minimum absolute atomic E-state index is 0.0522. The van der Waals surface area contributed by atoms with Crippen LogP contribution in [0.5, 0.6) is 0 Å². The molecule has 0 bridgehead atoms. The van der Waals surface area contributed by atoms with Gasteiger partial charge in [-0.2, -0.15) is 0 Å². The lowest BCUT2D eigenvalue weighted by molar-refractivity contribution is -0.148. The molecule has 2 atom stereocenters. The molecule has 1 saturated heterocycles. The smallest absolute Gasteiger partial charge is 0.303 e. The van der Waals surface area contributed by atoms with Crippen molar-refractivity contribution >= 4 is 5.97 Å². The fraction of sp³-hybridized carbons (Fsp3) is 0.381. The summed E-state index contributed by atoms with van der Waals surface area (Å²) in [7, 11) is 0. The number of nitrogens with zero attached hydrogens (tertiary/aromatic N) is 1. The fourth-order valence-corrected chi connectivity index (χ4v) is 3.35. The molecule has 0 aliphatic carbocycles. The average molecular weight is 357 g/mol. The number of rotatable bonds is 6. The van der Waals surface area contributed by atoms with Crippen molar-refractivity contribution in [3.8, 4) is 0 Å². The van der Waals surface area contributed by atoms with E-state index in [4.69, 9.17) is 9.47 Å². The molecule has 1 aliphatic rings. The van der Waals surface area contributed by atoms with E-state index in [2.05, 4.69) is 4.90 Å². The van der Waals surface area contributed by atoms with Gasteiger partial charge in [-0.25, -0.2) is 4.39 Å². The SMILES string of the molecule is CC(=O)OC(c1ccc(F)cc1)C(CN1CCOCC1)c1ccccc1. The molecule has 0 radical (unpaired) electrons. The van der Waals surface area contributed by atoms with Crippen LogP contribution in [0.15, 0.2) is 54.6 Å². The third kappa shape index (κ3) is 4.90. The summed E-state index contributed by atoms with van der Waals surface area (Å²) in [5.74, 6) is -0.703. The van der Waals surface area contributed by atoms with E-state index in [9.17, 15) is 9.18 Å². The molecule has 1 fully saturated rings. The van der Waals surface area contributed by atoms with Crippen LogP contribution in [0.2, 0.25) is 0 Å². The first-order chi connectivity index (χ1) is 12.6. The number of morpholine rings is 1. The number of benzene rings is 2. The minimum Gasteiger partial charge on any atom is -0.457 e. The van der Waals surface area contributed by atoms with Gasteiger partial charge in [-0.05, 0) is 23.3 Å². The van der Waals surface area contributed by atoms with Crippen LogP contribution in [0.25, 0.3) is 0 Å². The lowest BCUT2D eigenvalue weighted by Gasteiger charge is -2.34. The maximum Gasteiger partial charge on any atom is 0.303 e. The summed E-state index contributed by atoms with van der Waals surface area (Å²) in [6, 6.07) is 16.2. The van der Waals surface area contributed by atoms with E-state index < -0.39 is 6.10 Å². The largest absolute Gasteiger partial charge is 0.457 e. The van der Waals surface area contributed by atoms with Gasteiger partial charge in [0.05, 0.1) is 13.2 Å². The Labute approximate surface area is 153 Å². The van der Waals surface area contributed by atoms with Crippen molar-refractivity contribution < 1.29 is 18.7 Å². The molecule has 1 heterocycles. The van der Waals surface area contributed by atoms with Crippen molar-refractivity contribution in [3.05, 3.63) is 71.5 Å². The Hall–Kier alpha value is -2.24. The summed E-state index contributed by atoms with van der Waals surface area (Å²) >= 11 is 0. The van der Waals surface area contributed by atoms with Crippen molar-refractivity contribution in [2.45, 2.75) is 18.9 Å². The molecule has 3 rings (SSSR count). The van der Waals surface area contributed by atoms with Crippen LogP contribution in [-0.4, -0.2) is 43.7 Å². The highest BCUT2D eigenvalue weighted by Gasteiger charge is 2.30. The topological polar surface area (TPSA) is 38.8 Å². The molecule has 1 aliphatic heterocycles. The highest BCUT2D eigenvalue weighted by molar-refractivity contribution is 5.66. The van der Waals surface area contributed by atoms with Gasteiger partial charge in [0, 0.05) is 32.5 Å². The van der Waals surface area contributed by atoms with E-state index in [-0.39, 0.29) is 17.7 Å². The molecule has 0 aromatic heterocycles. The quantitative estimate of drug-likeness (QED) is 0.741. The van der Waals surface area contributed by atoms with E-state index in [0.717, 1.165) is 30.8 Å². The molecule has 2 aromatic carbocycles. The van der Waals surface area contributed by atoms with E-state index in [1.54, 1.807) is 12.1 Å². The van der Waals surface area contributed by atoms with Gasteiger partial charge >= 0.3 is 5.97 Å². The average Bonchev–Trinajstić information content (AvgIpc) is 2.67. The first kappa shape index (κ1) is 18.5. The minimum atomic E-state index is -0.474. The number of hydrogen-bond acceptors (Lipinski definition) is 4. The zero-order valence-electron chi connectivity index (χ0n) is 14.9. The lowest BCUT2D eigenvalue weighted by atomic mass is 9.88. The molecule has 0 N–H and O–H groups in total. The van der Waals surface area contributed by atoms with Gasteiger partial charge in [-0.3, -0.25) is 9.69 Å². The first-order valence-electron chi connectivity index (χ1n) is 8.91. The van der Waals surface area contributed by atoms with Crippen molar-refractivity contribution in [1.82, 2.24) is 4.90 Å². The second-order valence-electron chi connectivity index (χ2n) is 6.51. The lowest BCUT2D eigenvalue weighted by Crippen LogP contribution is -2.40. The van der Waals surface area contributed by atoms with Crippen LogP contribution in [0.1, 0.15) is 30.1 Å². The van der Waals surface area contributed by atoms with Crippen molar-refractivity contribution in [2.24, 2.45) is 0 Å². The molecule has 0 amide bonds. The summed E-state index contributed by atoms with van der Waals surface area (Å²) < 4.78 is 24.5. The summed E-state index contributed by atoms with van der Waals surface area (Å²) in [5.41, 5.74) is 1.89. The second kappa shape index (κ2) is 8.92. The van der Waals surface area contributed by atoms with Crippen LogP contribution < -0.4 is 0 Å². The third-order valence-electron chi connectivity index (χ3n) is 4.64. The van der Waals surface area contributed by atoms with Gasteiger partial charge in [-0.15, -0.1) is 0 Å². The van der Waals surface area contributed by atoms with Crippen LogP contribution in [0, 0.1) is 5.82 Å². The van der Waals surface area contributed by atoms with E-state index in [1.165, 1.54) is 19.1 Å². The van der Waals surface area contributed by atoms with Crippen molar-refractivity contribution in [2.75, 3.05) is 32.8 Å². The predicted octanol–water partition coefficient (Wildman–Crippen LogP) is 3.55. The molecule has 0 saturated carbocycles. The highest BCUT2D eigenvalue weighted by Crippen LogP contribution is 2.35. The van der Waals surface area contributed by atoms with Crippen LogP contribution in [0.3, 0.4) is 0 Å². The van der Waals surface area contributed by atoms with Crippen LogP contribution >= 0.6 is 0 Å². The van der Waals surface area contributed by atoms with E-state index >= 15 is 0 Å². The molecular weight excluding hydrogens is 333 g/mol. The summed E-state index contributed by atoms with van der Waals surface area (Å²) in [5, 5.41) is 0. The standard InChI is InChI=1S/C21H24FNO3/c1-16(24)26-21(18-7-9-19(22)10-8-18)20(17-5-3-2-4-6-17)15-23-11-13-25-14-12-23/h2-10,20-21H,11-15H2,1H3. The summed E-state index contributed by atoms with van der Waals surface area (Å²) in [4.78, 5) is 14.1. The zero-order valence-corrected chi connectivity index (χ0v) is 14.9. The summed E-state index contributed by atoms with van der Waals surface area (Å²) in [6.07, 6.45) is -0.474. The third-order valence-corrected chi connectivity index (χ3v) is 4.64. The Morgan fingerprint density at radius 3 is 2.35 bits per heavy atom. The van der Waals surface area contributed by atoms with Crippen LogP contribution in [-0.2, 0) is 14.3 Å². The Morgan fingerprint density at radius 2 is 1.73 bits per heavy atom. The number of esters is 1. The maximum absolute atomic E-state index is 13.4. The van der Waals surface area contributed by atoms with Gasteiger partial charge < -0.3 is 9.47 Å². The Kier molecular flexibility index (Phi) is 6.36. The van der Waals surface area contributed by atoms with Gasteiger partial charge in [0.15, 0.2) is 0 Å². The predicted molar refractivity (Wildman–Crippen MR) is 97.3 cm³/mol. The monoisotopic (exact) mass is 357 g/mol. The van der Waals surface area contributed by atoms with Crippen molar-refractivity contribution in [1.29, 1.82) is 0 Å². The molecule has 5 heteroatoms. The number of hydrogen-bond donors (Lipinski definition) is 0. The molecule has 4 nitrogen and oxygen atoms in total. The van der Waals surface area contributed by atoms with Gasteiger partial charge in [0.2, 0.25) is 0 Å². The van der Waals surface area contributed by atoms with E-state index in [1.807, 2.05) is 30.3 Å². The normalized spacial score (nSPS) is 17.5. The number of ether oxygens (including phenoxy) is 2. The molecule has 138 valence electrons. The van der Waals surface area contributed by atoms with Gasteiger partial charge in [0.25, 0.3) is 0 Å². The molecular formula is C21H24FNO3. The molecule has 26 heavy (non-hydrogen) atoms. The molecule has 2 aromatic rings. The van der Waals surface area contributed by atoms with Crippen LogP contribution in [0.4, 0.5) is 4.39 Å². The highest BCUT2D eigenvalue weighted by atomic mass is 19.1. The molecule has 0 spiro atoms. The Morgan fingerprint density at radius 1 is 1.08 bits per heavy atom. The maximum atomic E-state index is 13.4. The first-order valence-corrected chi connectivity index (χ1v) is 8.91. The number of halogens is 1. The van der Waals surface area contributed by atoms with Crippen molar-refractivity contribution in [3.63, 3.8) is 0 Å². The summed E-state index contributed by atoms with van der Waals surface area (Å²) in [6.45, 7) is 5.25. The fourth-order valence-electron chi connectivity index (χ4n) is 3.35. The van der Waals surface area contributed by atoms with E-state index in [0.29, 0.717) is 13.2 Å². The van der Waals surface area contributed by atoms with Gasteiger partial charge in [-0.1, -0.05) is 42.5 Å². The Balaban J connectivity index is 1.94. The number of carbonyl (C=O) groups excluding carboxylic acids is 1. The number of carbonyl (C=O) groups is 1. The van der Waals surface area contributed by atoms with Gasteiger partial charge in [0.1, 0.15) is 11.9 Å². The zero-order chi connectivity index (χ0) is 18.4.